The highest BCUT2D eigenvalue weighted by Crippen LogP contribution is 2.26. The first-order valence-electron chi connectivity index (χ1n) is 6.90. The van der Waals surface area contributed by atoms with Crippen molar-refractivity contribution < 1.29 is 5.11 Å². The summed E-state index contributed by atoms with van der Waals surface area (Å²) >= 11 is 0. The van der Waals surface area contributed by atoms with E-state index < -0.39 is 0 Å². The van der Waals surface area contributed by atoms with Crippen LogP contribution in [0, 0.1) is 0 Å². The van der Waals surface area contributed by atoms with Crippen LogP contribution in [0.5, 0.6) is 0 Å². The molecule has 0 fully saturated rings. The first-order valence-corrected chi connectivity index (χ1v) is 6.90. The maximum atomic E-state index is 9.46. The number of aliphatic hydroxyl groups is 1. The summed E-state index contributed by atoms with van der Waals surface area (Å²) in [7, 11) is 0. The molecule has 18 heavy (non-hydrogen) atoms. The van der Waals surface area contributed by atoms with Crippen molar-refractivity contribution in [3.05, 3.63) is 29.8 Å². The molecule has 1 aromatic carbocycles. The van der Waals surface area contributed by atoms with Crippen LogP contribution in [-0.2, 0) is 6.42 Å². The predicted molar refractivity (Wildman–Crippen MR) is 76.1 cm³/mol. The third-order valence-electron chi connectivity index (χ3n) is 3.44. The van der Waals surface area contributed by atoms with E-state index in [2.05, 4.69) is 48.3 Å². The fourth-order valence-electron chi connectivity index (χ4n) is 2.70. The summed E-state index contributed by atoms with van der Waals surface area (Å²) in [6.07, 6.45) is 2.38. The van der Waals surface area contributed by atoms with E-state index in [4.69, 9.17) is 0 Å². The Morgan fingerprint density at radius 2 is 2.11 bits per heavy atom. The van der Waals surface area contributed by atoms with E-state index in [1.165, 1.54) is 24.1 Å². The van der Waals surface area contributed by atoms with Crippen LogP contribution >= 0.6 is 0 Å². The van der Waals surface area contributed by atoms with E-state index in [9.17, 15) is 5.11 Å². The highest BCUT2D eigenvalue weighted by molar-refractivity contribution is 5.55. The third-order valence-corrected chi connectivity index (χ3v) is 3.44. The van der Waals surface area contributed by atoms with Gasteiger partial charge in [0.25, 0.3) is 0 Å². The molecule has 0 radical (unpaired) electrons. The molecular formula is C15H24N2O. The van der Waals surface area contributed by atoms with Gasteiger partial charge in [0.1, 0.15) is 0 Å². The monoisotopic (exact) mass is 248 g/mol. The molecule has 0 amide bonds. The first kappa shape index (κ1) is 13.4. The molecule has 1 unspecified atom stereocenters. The number of nitrogens with one attached hydrogen (secondary N) is 1. The third kappa shape index (κ3) is 3.24. The molecule has 3 nitrogen and oxygen atoms in total. The smallest absolute Gasteiger partial charge is 0.0602 e. The molecule has 0 aromatic heterocycles. The number of fused-ring (bicyclic) bond motifs is 1. The standard InChI is InChI=1S/C15H24N2O/c1-12(2)16-14(11-18)10-17-9-5-7-13-6-3-4-8-15(13)17/h3-4,6,8,12,14,16,18H,5,7,9-11H2,1-2H3. The number of aryl methyl sites for hydroxylation is 1. The van der Waals surface area contributed by atoms with Gasteiger partial charge < -0.3 is 15.3 Å². The zero-order valence-corrected chi connectivity index (χ0v) is 11.4. The molecule has 0 aliphatic carbocycles. The SMILES string of the molecule is CC(C)NC(CO)CN1CCCc2ccccc21. The molecule has 2 N–H and O–H groups in total. The van der Waals surface area contributed by atoms with Crippen LogP contribution in [0.1, 0.15) is 25.8 Å². The molecule has 1 aliphatic heterocycles. The zero-order chi connectivity index (χ0) is 13.0. The summed E-state index contributed by atoms with van der Waals surface area (Å²) in [4.78, 5) is 2.40. The van der Waals surface area contributed by atoms with E-state index in [-0.39, 0.29) is 12.6 Å². The highest BCUT2D eigenvalue weighted by atomic mass is 16.3. The van der Waals surface area contributed by atoms with Gasteiger partial charge in [-0.1, -0.05) is 32.0 Å². The van der Waals surface area contributed by atoms with Gasteiger partial charge in [-0.25, -0.2) is 0 Å². The average Bonchev–Trinajstić information content (AvgIpc) is 2.38. The molecule has 0 spiro atoms. The van der Waals surface area contributed by atoms with Gasteiger partial charge in [-0.05, 0) is 24.5 Å². The lowest BCUT2D eigenvalue weighted by molar-refractivity contribution is 0.236. The fourth-order valence-corrected chi connectivity index (χ4v) is 2.70. The molecule has 0 saturated heterocycles. The molecule has 1 aliphatic rings. The van der Waals surface area contributed by atoms with E-state index in [0.717, 1.165) is 13.1 Å². The van der Waals surface area contributed by atoms with Gasteiger partial charge in [0.15, 0.2) is 0 Å². The van der Waals surface area contributed by atoms with Crippen LogP contribution in [0.2, 0.25) is 0 Å². The lowest BCUT2D eigenvalue weighted by Gasteiger charge is -2.34. The topological polar surface area (TPSA) is 35.5 Å². The summed E-state index contributed by atoms with van der Waals surface area (Å²) in [5.41, 5.74) is 2.78. The Morgan fingerprint density at radius 3 is 2.83 bits per heavy atom. The van der Waals surface area contributed by atoms with Crippen molar-refractivity contribution in [1.29, 1.82) is 0 Å². The number of hydrogen-bond donors (Lipinski definition) is 2. The second kappa shape index (κ2) is 6.21. The summed E-state index contributed by atoms with van der Waals surface area (Å²) in [6, 6.07) is 9.17. The second-order valence-corrected chi connectivity index (χ2v) is 5.38. The Hall–Kier alpha value is -1.06. The summed E-state index contributed by atoms with van der Waals surface area (Å²) in [6.45, 7) is 6.40. The van der Waals surface area contributed by atoms with E-state index in [0.29, 0.717) is 6.04 Å². The van der Waals surface area contributed by atoms with E-state index in [1.807, 2.05) is 0 Å². The zero-order valence-electron chi connectivity index (χ0n) is 11.4. The molecule has 3 heteroatoms. The number of hydrogen-bond acceptors (Lipinski definition) is 3. The number of rotatable bonds is 5. The van der Waals surface area contributed by atoms with Crippen LogP contribution in [0.15, 0.2) is 24.3 Å². The van der Waals surface area contributed by atoms with Crippen LogP contribution in [-0.4, -0.2) is 36.9 Å². The summed E-state index contributed by atoms with van der Waals surface area (Å²) in [5.74, 6) is 0. The van der Waals surface area contributed by atoms with Gasteiger partial charge in [-0.3, -0.25) is 0 Å². The fraction of sp³-hybridized carbons (Fsp3) is 0.600. The lowest BCUT2D eigenvalue weighted by Crippen LogP contribution is -2.47. The minimum absolute atomic E-state index is 0.149. The lowest BCUT2D eigenvalue weighted by atomic mass is 10.0. The van der Waals surface area contributed by atoms with E-state index in [1.54, 1.807) is 0 Å². The molecule has 1 heterocycles. The second-order valence-electron chi connectivity index (χ2n) is 5.38. The Morgan fingerprint density at radius 1 is 1.33 bits per heavy atom. The molecular weight excluding hydrogens is 224 g/mol. The van der Waals surface area contributed by atoms with Gasteiger partial charge in [-0.2, -0.15) is 0 Å². The number of benzene rings is 1. The maximum Gasteiger partial charge on any atom is 0.0602 e. The van der Waals surface area contributed by atoms with E-state index >= 15 is 0 Å². The minimum Gasteiger partial charge on any atom is -0.395 e. The van der Waals surface area contributed by atoms with Gasteiger partial charge in [0.2, 0.25) is 0 Å². The van der Waals surface area contributed by atoms with Gasteiger partial charge in [0, 0.05) is 30.9 Å². The molecule has 100 valence electrons. The Bertz CT molecular complexity index is 379. The molecule has 0 bridgehead atoms. The van der Waals surface area contributed by atoms with Crippen molar-refractivity contribution in [1.82, 2.24) is 5.32 Å². The average molecular weight is 248 g/mol. The van der Waals surface area contributed by atoms with Crippen molar-refractivity contribution in [3.63, 3.8) is 0 Å². The van der Waals surface area contributed by atoms with Gasteiger partial charge in [-0.15, -0.1) is 0 Å². The first-order chi connectivity index (χ1) is 8.70. The molecule has 1 aromatic rings. The molecule has 1 atom stereocenters. The van der Waals surface area contributed by atoms with Crippen LogP contribution in [0.4, 0.5) is 5.69 Å². The number of aliphatic hydroxyl groups excluding tert-OH is 1. The minimum atomic E-state index is 0.149. The largest absolute Gasteiger partial charge is 0.395 e. The van der Waals surface area contributed by atoms with Crippen molar-refractivity contribution in [2.45, 2.75) is 38.8 Å². The van der Waals surface area contributed by atoms with Gasteiger partial charge in [0.05, 0.1) is 6.61 Å². The maximum absolute atomic E-state index is 9.46. The van der Waals surface area contributed by atoms with Crippen molar-refractivity contribution >= 4 is 5.69 Å². The molecule has 2 rings (SSSR count). The van der Waals surface area contributed by atoms with Gasteiger partial charge >= 0.3 is 0 Å². The molecule has 0 saturated carbocycles. The number of nitrogens with zero attached hydrogens (tertiary/aromatic N) is 1. The number of anilines is 1. The van der Waals surface area contributed by atoms with Crippen LogP contribution < -0.4 is 10.2 Å². The van der Waals surface area contributed by atoms with Crippen molar-refractivity contribution in [3.8, 4) is 0 Å². The highest BCUT2D eigenvalue weighted by Gasteiger charge is 2.19. The summed E-state index contributed by atoms with van der Waals surface area (Å²) in [5, 5.41) is 12.9. The Labute approximate surface area is 110 Å². The van der Waals surface area contributed by atoms with Crippen LogP contribution in [0.3, 0.4) is 0 Å². The Balaban J connectivity index is 2.06. The quantitative estimate of drug-likeness (QED) is 0.834. The van der Waals surface area contributed by atoms with Crippen molar-refractivity contribution in [2.75, 3.05) is 24.6 Å². The number of para-hydroxylation sites is 1. The van der Waals surface area contributed by atoms with Crippen molar-refractivity contribution in [2.24, 2.45) is 0 Å². The Kier molecular flexibility index (Phi) is 4.61. The normalized spacial score (nSPS) is 16.8. The predicted octanol–water partition coefficient (Wildman–Crippen LogP) is 1.80. The van der Waals surface area contributed by atoms with Crippen LogP contribution in [0.25, 0.3) is 0 Å². The summed E-state index contributed by atoms with van der Waals surface area (Å²) < 4.78 is 0.